The SMILES string of the molecule is C#C.CNc1c(C)c(-c2cnc3c(c2)OCCO3)nn1-c1ccccc1.COCCN1C[C@@H](NC=O)CO1.Fc1ccccc1F. The molecule has 4 heterocycles. The molecule has 11 nitrogen and oxygen atoms in total. The predicted octanol–water partition coefficient (Wildman–Crippen LogP) is 4.26. The van der Waals surface area contributed by atoms with E-state index in [9.17, 15) is 13.6 Å². The molecule has 2 aromatic heterocycles. The molecule has 2 aliphatic rings. The number of benzene rings is 2. The van der Waals surface area contributed by atoms with Gasteiger partial charge in [-0.25, -0.2) is 18.4 Å². The molecule has 46 heavy (non-hydrogen) atoms. The maximum Gasteiger partial charge on any atom is 0.257 e. The number of aromatic nitrogens is 3. The standard InChI is InChI=1S/C18H18N4O2.C7H14N2O3.C6H4F2.C2H2/c1-12-16(13-10-15-18(20-11-13)24-9-8-23-15)21-22(17(12)19-2)14-6-4-3-5-7-14;1-11-3-2-9-4-7(5-12-9)8-6-10;7-5-3-1-2-4-6(5)8;1-2/h3-7,10-11,19H,8-9H2,1-2H3;6-7H,2-5H2,1H3,(H,8,10);1-4H;1-2H/t;7-;;/m.1../s1. The number of carbonyl (C=O) groups is 1. The van der Waals surface area contributed by atoms with Crippen LogP contribution < -0.4 is 20.1 Å². The average molecular weight is 637 g/mol. The monoisotopic (exact) mass is 636 g/mol. The van der Waals surface area contributed by atoms with Crippen LogP contribution in [0, 0.1) is 31.4 Å². The molecule has 0 bridgehead atoms. The van der Waals surface area contributed by atoms with Crippen molar-refractivity contribution in [2.45, 2.75) is 13.0 Å². The summed E-state index contributed by atoms with van der Waals surface area (Å²) in [5, 5.41) is 12.5. The molecule has 0 unspecified atom stereocenters. The number of nitrogens with zero attached hydrogens (tertiary/aromatic N) is 4. The number of hydrogen-bond acceptors (Lipinski definition) is 9. The van der Waals surface area contributed by atoms with E-state index < -0.39 is 11.6 Å². The van der Waals surface area contributed by atoms with Crippen molar-refractivity contribution in [2.24, 2.45) is 0 Å². The second-order valence-corrected chi connectivity index (χ2v) is 9.62. The van der Waals surface area contributed by atoms with Crippen molar-refractivity contribution in [1.82, 2.24) is 25.1 Å². The van der Waals surface area contributed by atoms with Crippen molar-refractivity contribution >= 4 is 12.2 Å². The van der Waals surface area contributed by atoms with Gasteiger partial charge in [-0.05, 0) is 37.3 Å². The number of halogens is 2. The van der Waals surface area contributed by atoms with Gasteiger partial charge >= 0.3 is 0 Å². The van der Waals surface area contributed by atoms with Gasteiger partial charge in [0.15, 0.2) is 17.4 Å². The van der Waals surface area contributed by atoms with E-state index in [2.05, 4.69) is 28.5 Å². The molecular weight excluding hydrogens is 598 g/mol. The van der Waals surface area contributed by atoms with E-state index in [4.69, 9.17) is 24.1 Å². The first-order chi connectivity index (χ1) is 22.4. The Morgan fingerprint density at radius 2 is 1.74 bits per heavy atom. The molecule has 2 aromatic carbocycles. The highest BCUT2D eigenvalue weighted by Gasteiger charge is 2.22. The van der Waals surface area contributed by atoms with Gasteiger partial charge in [0.25, 0.3) is 5.88 Å². The van der Waals surface area contributed by atoms with Crippen molar-refractivity contribution in [3.05, 3.63) is 84.1 Å². The van der Waals surface area contributed by atoms with Crippen LogP contribution in [0.5, 0.6) is 11.6 Å². The van der Waals surface area contributed by atoms with Crippen molar-refractivity contribution in [3.63, 3.8) is 0 Å². The van der Waals surface area contributed by atoms with Crippen LogP contribution in [-0.4, -0.2) is 86.0 Å². The number of para-hydroxylation sites is 1. The fraction of sp³-hybridized carbons (Fsp3) is 0.303. The van der Waals surface area contributed by atoms with E-state index in [0.717, 1.165) is 53.5 Å². The van der Waals surface area contributed by atoms with Gasteiger partial charge in [0.05, 0.1) is 30.6 Å². The van der Waals surface area contributed by atoms with Gasteiger partial charge in [-0.15, -0.1) is 12.8 Å². The number of ether oxygens (including phenoxy) is 3. The van der Waals surface area contributed by atoms with Gasteiger partial charge in [0.1, 0.15) is 19.0 Å². The Balaban J connectivity index is 0.000000218. The normalized spacial score (nSPS) is 14.7. The number of hydroxylamine groups is 2. The van der Waals surface area contributed by atoms with Crippen LogP contribution >= 0.6 is 0 Å². The Hall–Kier alpha value is -5.03. The summed E-state index contributed by atoms with van der Waals surface area (Å²) in [6.07, 6.45) is 10.5. The number of fused-ring (bicyclic) bond motifs is 1. The lowest BCUT2D eigenvalue weighted by atomic mass is 10.1. The van der Waals surface area contributed by atoms with E-state index >= 15 is 0 Å². The number of carbonyl (C=O) groups excluding carboxylic acids is 1. The summed E-state index contributed by atoms with van der Waals surface area (Å²) in [5.74, 6) is 0.559. The molecule has 0 spiro atoms. The van der Waals surface area contributed by atoms with Crippen LogP contribution in [0.15, 0.2) is 66.9 Å². The van der Waals surface area contributed by atoms with Gasteiger partial charge in [-0.2, -0.15) is 10.2 Å². The molecule has 1 saturated heterocycles. The van der Waals surface area contributed by atoms with E-state index in [1.165, 1.54) is 12.1 Å². The number of terminal acetylenes is 1. The highest BCUT2D eigenvalue weighted by atomic mass is 19.2. The first-order valence-electron chi connectivity index (χ1n) is 14.3. The highest BCUT2D eigenvalue weighted by Crippen LogP contribution is 2.35. The minimum absolute atomic E-state index is 0.124. The van der Waals surface area contributed by atoms with Crippen LogP contribution in [0.4, 0.5) is 14.6 Å². The summed E-state index contributed by atoms with van der Waals surface area (Å²) in [7, 11) is 3.55. The summed E-state index contributed by atoms with van der Waals surface area (Å²) >= 11 is 0. The van der Waals surface area contributed by atoms with E-state index in [0.29, 0.717) is 44.5 Å². The third-order valence-electron chi connectivity index (χ3n) is 6.59. The molecule has 0 radical (unpaired) electrons. The Morgan fingerprint density at radius 3 is 2.37 bits per heavy atom. The largest absolute Gasteiger partial charge is 0.484 e. The van der Waals surface area contributed by atoms with Gasteiger partial charge in [0, 0.05) is 44.6 Å². The van der Waals surface area contributed by atoms with Crippen molar-refractivity contribution in [2.75, 3.05) is 59.0 Å². The third kappa shape index (κ3) is 9.73. The molecule has 0 saturated carbocycles. The molecule has 2 aliphatic heterocycles. The Kier molecular flexibility index (Phi) is 14.4. The first-order valence-corrected chi connectivity index (χ1v) is 14.3. The zero-order valence-corrected chi connectivity index (χ0v) is 26.0. The van der Waals surface area contributed by atoms with E-state index in [1.54, 1.807) is 18.4 Å². The molecule has 1 fully saturated rings. The fourth-order valence-corrected chi connectivity index (χ4v) is 4.41. The zero-order chi connectivity index (χ0) is 33.3. The molecule has 1 atom stereocenters. The van der Waals surface area contributed by atoms with E-state index in [1.807, 2.05) is 55.1 Å². The second kappa shape index (κ2) is 18.7. The van der Waals surface area contributed by atoms with Gasteiger partial charge in [-0.3, -0.25) is 9.63 Å². The molecule has 6 rings (SSSR count). The molecule has 244 valence electrons. The number of rotatable bonds is 8. The molecule has 2 N–H and O–H groups in total. The van der Waals surface area contributed by atoms with Crippen molar-refractivity contribution in [1.29, 1.82) is 0 Å². The van der Waals surface area contributed by atoms with E-state index in [-0.39, 0.29) is 6.04 Å². The molecule has 4 aromatic rings. The number of hydrogen-bond donors (Lipinski definition) is 2. The van der Waals surface area contributed by atoms with Crippen LogP contribution in [-0.2, 0) is 14.4 Å². The lowest BCUT2D eigenvalue weighted by molar-refractivity contribution is -0.118. The summed E-state index contributed by atoms with van der Waals surface area (Å²) < 4.78 is 41.8. The van der Waals surface area contributed by atoms with Crippen LogP contribution in [0.25, 0.3) is 16.9 Å². The maximum atomic E-state index is 11.9. The lowest BCUT2D eigenvalue weighted by Crippen LogP contribution is -2.33. The molecular formula is C33H38F2N6O5. The predicted molar refractivity (Wildman–Crippen MR) is 171 cm³/mol. The Labute approximate surface area is 267 Å². The Morgan fingerprint density at radius 1 is 1.07 bits per heavy atom. The maximum absolute atomic E-state index is 11.9. The fourth-order valence-electron chi connectivity index (χ4n) is 4.41. The molecule has 1 amide bonds. The minimum atomic E-state index is -0.799. The summed E-state index contributed by atoms with van der Waals surface area (Å²) in [4.78, 5) is 19.7. The Bertz CT molecular complexity index is 1510. The summed E-state index contributed by atoms with van der Waals surface area (Å²) in [6, 6.07) is 17.1. The zero-order valence-electron chi connectivity index (χ0n) is 26.0. The number of pyridine rings is 1. The van der Waals surface area contributed by atoms with Gasteiger partial charge in [0.2, 0.25) is 6.41 Å². The van der Waals surface area contributed by atoms with Crippen LogP contribution in [0.1, 0.15) is 5.56 Å². The average Bonchev–Trinajstić information content (AvgIpc) is 3.70. The van der Waals surface area contributed by atoms with Gasteiger partial charge in [-0.1, -0.05) is 30.3 Å². The minimum Gasteiger partial charge on any atom is -0.484 e. The number of anilines is 1. The topological polar surface area (TPSA) is 112 Å². The number of methoxy groups -OCH3 is 1. The lowest BCUT2D eigenvalue weighted by Gasteiger charge is -2.17. The van der Waals surface area contributed by atoms with Crippen LogP contribution in [0.2, 0.25) is 0 Å². The first kappa shape index (κ1) is 35.4. The van der Waals surface area contributed by atoms with Crippen molar-refractivity contribution in [3.8, 4) is 41.4 Å². The highest BCUT2D eigenvalue weighted by molar-refractivity contribution is 5.71. The smallest absolute Gasteiger partial charge is 0.257 e. The van der Waals surface area contributed by atoms with Crippen molar-refractivity contribution < 1.29 is 32.6 Å². The van der Waals surface area contributed by atoms with Crippen LogP contribution in [0.3, 0.4) is 0 Å². The summed E-state index contributed by atoms with van der Waals surface area (Å²) in [6.45, 7) is 5.80. The quantitative estimate of drug-likeness (QED) is 0.217. The molecule has 0 aliphatic carbocycles. The number of nitrogens with one attached hydrogen (secondary N) is 2. The number of amides is 1. The molecule has 13 heteroatoms. The second-order valence-electron chi connectivity index (χ2n) is 9.62. The summed E-state index contributed by atoms with van der Waals surface area (Å²) in [5.41, 5.74) is 3.83. The third-order valence-corrected chi connectivity index (χ3v) is 6.59. The van der Waals surface area contributed by atoms with Gasteiger partial charge < -0.3 is 24.8 Å².